The maximum absolute atomic E-state index is 12.5. The van der Waals surface area contributed by atoms with Crippen LogP contribution in [0.15, 0.2) is 29.2 Å². The fourth-order valence-electron chi connectivity index (χ4n) is 2.47. The van der Waals surface area contributed by atoms with Crippen LogP contribution in [0, 0.1) is 10.1 Å². The van der Waals surface area contributed by atoms with Crippen molar-refractivity contribution in [3.8, 4) is 0 Å². The summed E-state index contributed by atoms with van der Waals surface area (Å²) in [5.41, 5.74) is -0.320. The number of hydrogen-bond acceptors (Lipinski definition) is 10. The summed E-state index contributed by atoms with van der Waals surface area (Å²) in [6, 6.07) is 3.87. The Morgan fingerprint density at radius 3 is 2.46 bits per heavy atom. The smallest absolute Gasteiger partial charge is 0.339 e. The van der Waals surface area contributed by atoms with Crippen molar-refractivity contribution in [3.63, 3.8) is 0 Å². The Labute approximate surface area is 161 Å². The van der Waals surface area contributed by atoms with Crippen LogP contribution in [0.3, 0.4) is 0 Å². The number of ether oxygens (including phenoxy) is 3. The van der Waals surface area contributed by atoms with Crippen LogP contribution in [-0.4, -0.2) is 61.7 Å². The molecule has 1 aliphatic rings. The first-order valence-corrected chi connectivity index (χ1v) is 9.72. The van der Waals surface area contributed by atoms with Gasteiger partial charge in [0.05, 0.1) is 23.0 Å². The Morgan fingerprint density at radius 2 is 2.00 bits per heavy atom. The molecule has 0 radical (unpaired) electrons. The Bertz CT molecular complexity index is 820. The molecule has 1 N–H and O–H groups in total. The van der Waals surface area contributed by atoms with E-state index in [1.807, 2.05) is 0 Å². The van der Waals surface area contributed by atoms with Crippen LogP contribution in [-0.2, 0) is 33.3 Å². The summed E-state index contributed by atoms with van der Waals surface area (Å²) in [4.78, 5) is 21.8. The number of hydrogen-bond donors (Lipinski definition) is 1. The van der Waals surface area contributed by atoms with Gasteiger partial charge in [0.25, 0.3) is 15.8 Å². The average Bonchev–Trinajstić information content (AvgIpc) is 2.99. The van der Waals surface area contributed by atoms with Crippen molar-refractivity contribution < 1.29 is 41.6 Å². The van der Waals surface area contributed by atoms with Gasteiger partial charge in [-0.05, 0) is 32.9 Å². The molecule has 2 rings (SSSR count). The third-order valence-corrected chi connectivity index (χ3v) is 5.12. The molecule has 0 aliphatic carbocycles. The van der Waals surface area contributed by atoms with E-state index in [1.54, 1.807) is 13.8 Å². The average molecular weight is 419 g/mol. The van der Waals surface area contributed by atoms with Gasteiger partial charge in [0.15, 0.2) is 5.79 Å². The minimum atomic E-state index is -4.55. The third-order valence-electron chi connectivity index (χ3n) is 3.81. The number of nitro benzene ring substituents is 1. The van der Waals surface area contributed by atoms with Crippen molar-refractivity contribution in [2.24, 2.45) is 0 Å². The Balaban J connectivity index is 2.25. The summed E-state index contributed by atoms with van der Waals surface area (Å²) in [6.07, 6.45) is -4.65. The van der Waals surface area contributed by atoms with E-state index in [9.17, 15) is 28.4 Å². The predicted octanol–water partition coefficient (Wildman–Crippen LogP) is 0.744. The second kappa shape index (κ2) is 8.49. The lowest BCUT2D eigenvalue weighted by molar-refractivity contribution is -0.384. The minimum absolute atomic E-state index is 0.0729. The number of carbonyl (C=O) groups excluding carboxylic acids is 1. The van der Waals surface area contributed by atoms with E-state index >= 15 is 0 Å². The van der Waals surface area contributed by atoms with Crippen molar-refractivity contribution in [1.29, 1.82) is 0 Å². The predicted molar refractivity (Wildman–Crippen MR) is 92.7 cm³/mol. The molecule has 11 nitrogen and oxygen atoms in total. The molecule has 28 heavy (non-hydrogen) atoms. The number of nitrogens with zero attached hydrogens (tertiary/aromatic N) is 1. The van der Waals surface area contributed by atoms with Gasteiger partial charge < -0.3 is 19.3 Å². The van der Waals surface area contributed by atoms with E-state index < -0.39 is 50.0 Å². The van der Waals surface area contributed by atoms with Gasteiger partial charge in [-0.15, -0.1) is 0 Å². The molecule has 12 heteroatoms. The summed E-state index contributed by atoms with van der Waals surface area (Å²) in [7, 11) is -4.55. The number of aliphatic hydroxyl groups is 1. The van der Waals surface area contributed by atoms with Crippen LogP contribution in [0.5, 0.6) is 0 Å². The maximum Gasteiger partial charge on any atom is 0.339 e. The molecule has 156 valence electrons. The topological polar surface area (TPSA) is 151 Å². The van der Waals surface area contributed by atoms with Crippen molar-refractivity contribution in [2.75, 3.05) is 13.2 Å². The molecule has 0 aromatic heterocycles. The maximum atomic E-state index is 12.5. The molecule has 1 aromatic rings. The zero-order valence-electron chi connectivity index (χ0n) is 15.4. The number of non-ortho nitro benzene ring substituents is 1. The number of aliphatic hydroxyl groups excluding tert-OH is 1. The number of esters is 1. The summed E-state index contributed by atoms with van der Waals surface area (Å²) in [6.45, 7) is 4.52. The van der Waals surface area contributed by atoms with Crippen LogP contribution in [0.1, 0.15) is 20.8 Å². The highest BCUT2D eigenvalue weighted by molar-refractivity contribution is 7.86. The van der Waals surface area contributed by atoms with Gasteiger partial charge in [0.1, 0.15) is 12.2 Å². The minimum Gasteiger partial charge on any atom is -0.464 e. The highest BCUT2D eigenvalue weighted by Gasteiger charge is 2.45. The van der Waals surface area contributed by atoms with Crippen molar-refractivity contribution in [2.45, 2.75) is 49.8 Å². The molecule has 0 saturated carbocycles. The monoisotopic (exact) mass is 419 g/mol. The third kappa shape index (κ3) is 5.23. The van der Waals surface area contributed by atoms with Gasteiger partial charge >= 0.3 is 5.97 Å². The molecule has 0 spiro atoms. The lowest BCUT2D eigenvalue weighted by Gasteiger charge is -2.25. The Kier molecular flexibility index (Phi) is 6.72. The first-order valence-electron chi connectivity index (χ1n) is 8.31. The van der Waals surface area contributed by atoms with Gasteiger partial charge in [-0.2, -0.15) is 8.42 Å². The van der Waals surface area contributed by atoms with E-state index in [0.29, 0.717) is 0 Å². The zero-order chi connectivity index (χ0) is 21.1. The molecule has 3 atom stereocenters. The van der Waals surface area contributed by atoms with Crippen LogP contribution in [0.2, 0.25) is 0 Å². The van der Waals surface area contributed by atoms with E-state index in [-0.39, 0.29) is 18.9 Å². The molecule has 1 aromatic carbocycles. The SMILES string of the molecule is CCOC(=O)[C@H](OS(=O)(=O)c1ccc([N+](=O)[O-])cc1)[C@H](O)[C@H]1COC(C)(C)O1. The molecule has 1 aliphatic heterocycles. The summed E-state index contributed by atoms with van der Waals surface area (Å²) in [5.74, 6) is -2.13. The van der Waals surface area contributed by atoms with E-state index in [0.717, 1.165) is 24.3 Å². The fourth-order valence-corrected chi connectivity index (χ4v) is 3.51. The largest absolute Gasteiger partial charge is 0.464 e. The molecule has 0 bridgehead atoms. The fraction of sp³-hybridized carbons (Fsp3) is 0.562. The lowest BCUT2D eigenvalue weighted by Crippen LogP contribution is -2.47. The quantitative estimate of drug-likeness (QED) is 0.276. The van der Waals surface area contributed by atoms with E-state index in [1.165, 1.54) is 6.92 Å². The van der Waals surface area contributed by atoms with Gasteiger partial charge in [0, 0.05) is 12.1 Å². The van der Waals surface area contributed by atoms with Crippen LogP contribution in [0.25, 0.3) is 0 Å². The van der Waals surface area contributed by atoms with Gasteiger partial charge in [-0.3, -0.25) is 10.1 Å². The van der Waals surface area contributed by atoms with Crippen molar-refractivity contribution in [3.05, 3.63) is 34.4 Å². The van der Waals surface area contributed by atoms with Crippen molar-refractivity contribution >= 4 is 21.8 Å². The molecular weight excluding hydrogens is 398 g/mol. The number of carbonyl (C=O) groups is 1. The van der Waals surface area contributed by atoms with Crippen LogP contribution in [0.4, 0.5) is 5.69 Å². The molecule has 0 amide bonds. The number of nitro groups is 1. The summed E-state index contributed by atoms with van der Waals surface area (Å²) >= 11 is 0. The normalized spacial score (nSPS) is 21.1. The van der Waals surface area contributed by atoms with E-state index in [2.05, 4.69) is 0 Å². The second-order valence-corrected chi connectivity index (χ2v) is 7.90. The van der Waals surface area contributed by atoms with Gasteiger partial charge in [-0.25, -0.2) is 8.98 Å². The lowest BCUT2D eigenvalue weighted by atomic mass is 10.1. The highest BCUT2D eigenvalue weighted by atomic mass is 32.2. The number of benzene rings is 1. The van der Waals surface area contributed by atoms with E-state index in [4.69, 9.17) is 18.4 Å². The Morgan fingerprint density at radius 1 is 1.39 bits per heavy atom. The summed E-state index contributed by atoms with van der Waals surface area (Å²) in [5, 5.41) is 21.2. The van der Waals surface area contributed by atoms with Gasteiger partial charge in [-0.1, -0.05) is 0 Å². The van der Waals surface area contributed by atoms with Gasteiger partial charge in [0.2, 0.25) is 6.10 Å². The zero-order valence-corrected chi connectivity index (χ0v) is 16.2. The molecule has 0 unspecified atom stereocenters. The second-order valence-electron chi connectivity index (χ2n) is 6.33. The first kappa shape index (κ1) is 22.2. The van der Waals surface area contributed by atoms with Crippen LogP contribution >= 0.6 is 0 Å². The Hall–Kier alpha value is -2.12. The molecular formula is C16H21NO10S. The molecule has 1 heterocycles. The number of rotatable bonds is 8. The standard InChI is InChI=1S/C16H21NO10S/c1-4-24-15(19)14(13(18)12-9-25-16(2,3)26-12)27-28(22,23)11-7-5-10(6-8-11)17(20)21/h5-8,12-14,18H,4,9H2,1-3H3/t12-,13-,14-/m1/s1. The summed E-state index contributed by atoms with van der Waals surface area (Å²) < 4.78 is 45.5. The highest BCUT2D eigenvalue weighted by Crippen LogP contribution is 2.28. The first-order chi connectivity index (χ1) is 13.0. The van der Waals surface area contributed by atoms with Crippen molar-refractivity contribution in [1.82, 2.24) is 0 Å². The molecule has 1 fully saturated rings. The van der Waals surface area contributed by atoms with Crippen LogP contribution < -0.4 is 0 Å². The molecule has 1 saturated heterocycles.